The molecule has 1 N–H and O–H groups in total. The molecule has 1 aromatic heterocycles. The molecule has 0 saturated carbocycles. The summed E-state index contributed by atoms with van der Waals surface area (Å²) < 4.78 is 11.3. The molecule has 6 nitrogen and oxygen atoms in total. The molecule has 26 heavy (non-hydrogen) atoms. The van der Waals surface area contributed by atoms with E-state index in [0.717, 1.165) is 5.56 Å². The largest absolute Gasteiger partial charge is 0.484 e. The van der Waals surface area contributed by atoms with Crippen molar-refractivity contribution in [2.24, 2.45) is 0 Å². The number of furan rings is 1. The molecule has 0 spiro atoms. The second-order valence-corrected chi connectivity index (χ2v) is 7.12. The summed E-state index contributed by atoms with van der Waals surface area (Å²) in [7, 11) is 0. The van der Waals surface area contributed by atoms with E-state index in [2.05, 4.69) is 21.2 Å². The predicted molar refractivity (Wildman–Crippen MR) is 100 cm³/mol. The van der Waals surface area contributed by atoms with E-state index >= 15 is 0 Å². The number of piperidine rings is 1. The molecule has 0 unspecified atom stereocenters. The third-order valence-corrected chi connectivity index (χ3v) is 4.75. The Labute approximate surface area is 160 Å². The number of halogens is 1. The maximum atomic E-state index is 12.3. The first kappa shape index (κ1) is 18.5. The third kappa shape index (κ3) is 4.88. The number of aryl methyl sites for hydroxylation is 1. The number of carbonyl (C=O) groups excluding carboxylic acids is 2. The normalized spacial score (nSPS) is 14.9. The highest BCUT2D eigenvalue weighted by molar-refractivity contribution is 9.10. The Kier molecular flexibility index (Phi) is 5.98. The van der Waals surface area contributed by atoms with Gasteiger partial charge in [-0.3, -0.25) is 9.59 Å². The van der Waals surface area contributed by atoms with Crippen molar-refractivity contribution in [1.29, 1.82) is 0 Å². The first-order chi connectivity index (χ1) is 12.5. The Bertz CT molecular complexity index is 764. The van der Waals surface area contributed by atoms with Crippen molar-refractivity contribution in [2.45, 2.75) is 25.8 Å². The molecule has 0 radical (unpaired) electrons. The minimum absolute atomic E-state index is 0.0113. The number of rotatable bonds is 5. The van der Waals surface area contributed by atoms with E-state index < -0.39 is 0 Å². The molecular weight excluding hydrogens is 400 g/mol. The second-order valence-electron chi connectivity index (χ2n) is 6.34. The van der Waals surface area contributed by atoms with Gasteiger partial charge in [-0.1, -0.05) is 17.7 Å². The summed E-state index contributed by atoms with van der Waals surface area (Å²) in [6, 6.07) is 11.0. The third-order valence-electron chi connectivity index (χ3n) is 4.32. The number of hydrogen-bond donors (Lipinski definition) is 1. The monoisotopic (exact) mass is 420 g/mol. The number of carbonyl (C=O) groups is 2. The molecule has 1 fully saturated rings. The Morgan fingerprint density at radius 1 is 1.19 bits per heavy atom. The van der Waals surface area contributed by atoms with Gasteiger partial charge < -0.3 is 19.4 Å². The van der Waals surface area contributed by atoms with Crippen molar-refractivity contribution in [1.82, 2.24) is 10.2 Å². The van der Waals surface area contributed by atoms with Crippen LogP contribution < -0.4 is 10.1 Å². The van der Waals surface area contributed by atoms with Gasteiger partial charge in [0.15, 0.2) is 17.0 Å². The summed E-state index contributed by atoms with van der Waals surface area (Å²) in [5, 5.41) is 2.97. The molecule has 0 bridgehead atoms. The number of hydrogen-bond acceptors (Lipinski definition) is 4. The van der Waals surface area contributed by atoms with Crippen molar-refractivity contribution in [3.63, 3.8) is 0 Å². The molecule has 2 heterocycles. The Balaban J connectivity index is 1.41. The first-order valence-electron chi connectivity index (χ1n) is 8.55. The first-order valence-corrected chi connectivity index (χ1v) is 9.34. The van der Waals surface area contributed by atoms with Crippen LogP contribution in [0.1, 0.15) is 29.0 Å². The molecule has 138 valence electrons. The van der Waals surface area contributed by atoms with Crippen LogP contribution in [0.4, 0.5) is 0 Å². The van der Waals surface area contributed by atoms with Gasteiger partial charge in [-0.25, -0.2) is 0 Å². The molecule has 0 atom stereocenters. The van der Waals surface area contributed by atoms with Crippen molar-refractivity contribution in [3.05, 3.63) is 52.4 Å². The van der Waals surface area contributed by atoms with Crippen LogP contribution in [0, 0.1) is 6.92 Å². The summed E-state index contributed by atoms with van der Waals surface area (Å²) in [6.07, 6.45) is 1.42. The van der Waals surface area contributed by atoms with Crippen molar-refractivity contribution in [3.8, 4) is 5.75 Å². The van der Waals surface area contributed by atoms with E-state index in [1.165, 1.54) is 0 Å². The fraction of sp³-hybridized carbons (Fsp3) is 0.368. The van der Waals surface area contributed by atoms with Crippen LogP contribution in [-0.4, -0.2) is 42.5 Å². The van der Waals surface area contributed by atoms with Crippen LogP contribution in [0.25, 0.3) is 0 Å². The van der Waals surface area contributed by atoms with Crippen LogP contribution in [0.5, 0.6) is 5.75 Å². The topological polar surface area (TPSA) is 71.8 Å². The average molecular weight is 421 g/mol. The van der Waals surface area contributed by atoms with Gasteiger partial charge in [0.2, 0.25) is 0 Å². The number of nitrogens with zero attached hydrogens (tertiary/aromatic N) is 1. The fourth-order valence-electron chi connectivity index (χ4n) is 2.86. The van der Waals surface area contributed by atoms with E-state index in [4.69, 9.17) is 9.15 Å². The summed E-state index contributed by atoms with van der Waals surface area (Å²) in [5.74, 6) is 0.732. The van der Waals surface area contributed by atoms with Crippen LogP contribution in [0.15, 0.2) is 45.5 Å². The Hall–Kier alpha value is -2.28. The molecule has 2 aromatic rings. The molecule has 3 rings (SSSR count). The van der Waals surface area contributed by atoms with Crippen molar-refractivity contribution < 1.29 is 18.7 Å². The highest BCUT2D eigenvalue weighted by atomic mass is 79.9. The fourth-order valence-corrected chi connectivity index (χ4v) is 3.17. The lowest BCUT2D eigenvalue weighted by molar-refractivity contribution is -0.124. The molecule has 1 aliphatic heterocycles. The lowest BCUT2D eigenvalue weighted by Crippen LogP contribution is -2.47. The highest BCUT2D eigenvalue weighted by Crippen LogP contribution is 2.18. The molecule has 0 aliphatic carbocycles. The molecule has 7 heteroatoms. The van der Waals surface area contributed by atoms with Gasteiger partial charge in [-0.2, -0.15) is 0 Å². The zero-order valence-corrected chi connectivity index (χ0v) is 16.1. The van der Waals surface area contributed by atoms with E-state index in [0.29, 0.717) is 42.1 Å². The minimum Gasteiger partial charge on any atom is -0.484 e. The second kappa shape index (κ2) is 8.40. The van der Waals surface area contributed by atoms with Crippen molar-refractivity contribution >= 4 is 27.7 Å². The SMILES string of the molecule is Cc1ccc(OCC(=O)NC2CCN(C(=O)c3ccc(Br)o3)CC2)cc1. The van der Waals surface area contributed by atoms with Gasteiger partial charge >= 0.3 is 0 Å². The average Bonchev–Trinajstić information content (AvgIpc) is 3.08. The maximum absolute atomic E-state index is 12.3. The number of nitrogens with one attached hydrogen (secondary N) is 1. The smallest absolute Gasteiger partial charge is 0.289 e. The molecule has 1 aliphatic rings. The Morgan fingerprint density at radius 3 is 2.50 bits per heavy atom. The van der Waals surface area contributed by atoms with Gasteiger partial charge in [-0.15, -0.1) is 0 Å². The van der Waals surface area contributed by atoms with E-state index in [1.54, 1.807) is 17.0 Å². The minimum atomic E-state index is -0.148. The van der Waals surface area contributed by atoms with Gasteiger partial charge in [0.25, 0.3) is 11.8 Å². The number of likely N-dealkylation sites (tertiary alicyclic amines) is 1. The lowest BCUT2D eigenvalue weighted by Gasteiger charge is -2.31. The maximum Gasteiger partial charge on any atom is 0.289 e. The van der Waals surface area contributed by atoms with Crippen molar-refractivity contribution in [2.75, 3.05) is 19.7 Å². The molecule has 1 aromatic carbocycles. The van der Waals surface area contributed by atoms with Crippen LogP contribution in [-0.2, 0) is 4.79 Å². The summed E-state index contributed by atoms with van der Waals surface area (Å²) in [5.41, 5.74) is 1.14. The summed E-state index contributed by atoms with van der Waals surface area (Å²) in [6.45, 7) is 3.16. The predicted octanol–water partition coefficient (Wildman–Crippen LogP) is 3.15. The van der Waals surface area contributed by atoms with Crippen LogP contribution in [0.2, 0.25) is 0 Å². The van der Waals surface area contributed by atoms with Gasteiger partial charge in [0, 0.05) is 19.1 Å². The number of amides is 2. The zero-order valence-electron chi connectivity index (χ0n) is 14.5. The molecule has 2 amide bonds. The van der Waals surface area contributed by atoms with E-state index in [9.17, 15) is 9.59 Å². The van der Waals surface area contributed by atoms with Gasteiger partial charge in [0.05, 0.1) is 0 Å². The van der Waals surface area contributed by atoms with Crippen LogP contribution >= 0.6 is 15.9 Å². The van der Waals surface area contributed by atoms with Gasteiger partial charge in [0.1, 0.15) is 5.75 Å². The van der Waals surface area contributed by atoms with E-state index in [-0.39, 0.29) is 24.5 Å². The van der Waals surface area contributed by atoms with Gasteiger partial charge in [-0.05, 0) is 60.0 Å². The van der Waals surface area contributed by atoms with E-state index in [1.807, 2.05) is 31.2 Å². The Morgan fingerprint density at radius 2 is 1.88 bits per heavy atom. The zero-order chi connectivity index (χ0) is 18.5. The highest BCUT2D eigenvalue weighted by Gasteiger charge is 2.26. The molecular formula is C19H21BrN2O4. The number of ether oxygens (including phenoxy) is 1. The van der Waals surface area contributed by atoms with Crippen LogP contribution in [0.3, 0.4) is 0 Å². The number of benzene rings is 1. The lowest BCUT2D eigenvalue weighted by atomic mass is 10.0. The quantitative estimate of drug-likeness (QED) is 0.805. The summed E-state index contributed by atoms with van der Waals surface area (Å²) >= 11 is 3.20. The summed E-state index contributed by atoms with van der Waals surface area (Å²) in [4.78, 5) is 26.1. The molecule has 1 saturated heterocycles. The standard InChI is InChI=1S/C19H21BrN2O4/c1-13-2-4-15(5-3-13)25-12-18(23)21-14-8-10-22(11-9-14)19(24)16-6-7-17(20)26-16/h2-7,14H,8-12H2,1H3,(H,21,23).